The lowest BCUT2D eigenvalue weighted by molar-refractivity contribution is -0.384. The molecule has 10 heteroatoms. The molecule has 0 saturated heterocycles. The molecule has 1 N–H and O–H groups in total. The van der Waals surface area contributed by atoms with Crippen molar-refractivity contribution in [1.29, 1.82) is 0 Å². The summed E-state index contributed by atoms with van der Waals surface area (Å²) in [6.07, 6.45) is 1.44. The van der Waals surface area contributed by atoms with Gasteiger partial charge in [-0.3, -0.25) is 24.6 Å². The lowest BCUT2D eigenvalue weighted by Crippen LogP contribution is -2.31. The van der Waals surface area contributed by atoms with Crippen molar-refractivity contribution in [2.75, 3.05) is 4.90 Å². The van der Waals surface area contributed by atoms with Gasteiger partial charge in [-0.1, -0.05) is 23.7 Å². The lowest BCUT2D eigenvalue weighted by atomic mass is 9.95. The van der Waals surface area contributed by atoms with Gasteiger partial charge in [0, 0.05) is 34.4 Å². The van der Waals surface area contributed by atoms with Crippen LogP contribution < -0.4 is 4.90 Å². The maximum Gasteiger partial charge on any atom is 0.294 e. The normalized spacial score (nSPS) is 16.2. The van der Waals surface area contributed by atoms with Gasteiger partial charge in [0.15, 0.2) is 10.8 Å². The SMILES string of the molecule is O=C(C1=C(O)C(=O)N(c2ccc(Cl)cc2)C1c1cccc([N+](=O)[O-])c1)c1nccs1. The van der Waals surface area contributed by atoms with Crippen LogP contribution >= 0.6 is 22.9 Å². The molecule has 0 radical (unpaired) electrons. The zero-order valence-electron chi connectivity index (χ0n) is 15.1. The Bertz CT molecular complexity index is 1190. The number of hydrogen-bond acceptors (Lipinski definition) is 7. The van der Waals surface area contributed by atoms with E-state index in [4.69, 9.17) is 11.6 Å². The lowest BCUT2D eigenvalue weighted by Gasteiger charge is -2.26. The number of benzene rings is 2. The van der Waals surface area contributed by atoms with E-state index in [1.165, 1.54) is 29.3 Å². The molecule has 1 atom stereocenters. The Morgan fingerprint density at radius 2 is 1.97 bits per heavy atom. The smallest absolute Gasteiger partial charge is 0.294 e. The Balaban J connectivity index is 1.90. The topological polar surface area (TPSA) is 114 Å². The van der Waals surface area contributed by atoms with Crippen molar-refractivity contribution in [3.63, 3.8) is 0 Å². The summed E-state index contributed by atoms with van der Waals surface area (Å²) in [7, 11) is 0. The minimum absolute atomic E-state index is 0.0951. The highest BCUT2D eigenvalue weighted by molar-refractivity contribution is 7.11. The summed E-state index contributed by atoms with van der Waals surface area (Å²) in [5.41, 5.74) is 0.277. The van der Waals surface area contributed by atoms with Crippen LogP contribution in [0.1, 0.15) is 21.4 Å². The highest BCUT2D eigenvalue weighted by Crippen LogP contribution is 2.42. The van der Waals surface area contributed by atoms with Gasteiger partial charge in [0.25, 0.3) is 11.6 Å². The fourth-order valence-electron chi connectivity index (χ4n) is 3.28. The number of halogens is 1. The predicted molar refractivity (Wildman–Crippen MR) is 111 cm³/mol. The quantitative estimate of drug-likeness (QED) is 0.354. The van der Waals surface area contributed by atoms with Gasteiger partial charge in [-0.2, -0.15) is 0 Å². The standard InChI is InChI=1S/C20H12ClN3O5S/c21-12-4-6-13(7-5-12)23-16(11-2-1-3-14(10-11)24(28)29)15(18(26)20(23)27)17(25)19-22-8-9-30-19/h1-10,16,26H. The van der Waals surface area contributed by atoms with E-state index in [0.29, 0.717) is 16.3 Å². The molecule has 0 bridgehead atoms. The first kappa shape index (κ1) is 19.7. The van der Waals surface area contributed by atoms with Gasteiger partial charge in [-0.25, -0.2) is 4.98 Å². The van der Waals surface area contributed by atoms with E-state index in [1.807, 2.05) is 0 Å². The fraction of sp³-hybridized carbons (Fsp3) is 0.0500. The molecule has 0 saturated carbocycles. The van der Waals surface area contributed by atoms with Crippen LogP contribution in [0.25, 0.3) is 0 Å². The number of non-ortho nitro benzene ring substituents is 1. The number of aliphatic hydroxyl groups is 1. The number of amides is 1. The molecule has 1 amide bonds. The fourth-order valence-corrected chi connectivity index (χ4v) is 4.00. The number of rotatable bonds is 5. The molecule has 8 nitrogen and oxygen atoms in total. The maximum atomic E-state index is 13.1. The highest BCUT2D eigenvalue weighted by Gasteiger charge is 2.45. The number of nitro groups is 1. The molecule has 0 aliphatic carbocycles. The molecule has 2 heterocycles. The molecular formula is C20H12ClN3O5S. The third-order valence-electron chi connectivity index (χ3n) is 4.58. The van der Waals surface area contributed by atoms with Crippen LogP contribution in [-0.2, 0) is 4.79 Å². The zero-order valence-corrected chi connectivity index (χ0v) is 16.6. The number of aliphatic hydroxyl groups excluding tert-OH is 1. The van der Waals surface area contributed by atoms with E-state index in [0.717, 1.165) is 11.3 Å². The van der Waals surface area contributed by atoms with E-state index in [-0.39, 0.29) is 16.3 Å². The van der Waals surface area contributed by atoms with E-state index < -0.39 is 28.4 Å². The average Bonchev–Trinajstić information content (AvgIpc) is 3.36. The molecule has 0 fully saturated rings. The van der Waals surface area contributed by atoms with Crippen molar-refractivity contribution in [3.05, 3.63) is 97.1 Å². The Morgan fingerprint density at radius 3 is 2.60 bits per heavy atom. The van der Waals surface area contributed by atoms with Crippen LogP contribution in [0.4, 0.5) is 11.4 Å². The van der Waals surface area contributed by atoms with Gasteiger partial charge >= 0.3 is 0 Å². The Kier molecular flexibility index (Phi) is 5.06. The number of ketones is 1. The first-order valence-corrected chi connectivity index (χ1v) is 9.85. The monoisotopic (exact) mass is 441 g/mol. The molecule has 1 aliphatic heterocycles. The van der Waals surface area contributed by atoms with Crippen LogP contribution in [0.3, 0.4) is 0 Å². The first-order chi connectivity index (χ1) is 14.4. The number of aromatic nitrogens is 1. The van der Waals surface area contributed by atoms with Gasteiger partial charge < -0.3 is 5.11 Å². The summed E-state index contributed by atoms with van der Waals surface area (Å²) in [6.45, 7) is 0. The van der Waals surface area contributed by atoms with Crippen molar-refractivity contribution in [3.8, 4) is 0 Å². The number of anilines is 1. The molecule has 0 spiro atoms. The predicted octanol–water partition coefficient (Wildman–Crippen LogP) is 4.49. The molecule has 1 aliphatic rings. The van der Waals surface area contributed by atoms with E-state index in [2.05, 4.69) is 4.98 Å². The van der Waals surface area contributed by atoms with Crippen molar-refractivity contribution in [1.82, 2.24) is 4.98 Å². The Hall–Kier alpha value is -3.56. The third-order valence-corrected chi connectivity index (χ3v) is 5.60. The summed E-state index contributed by atoms with van der Waals surface area (Å²) in [5, 5.41) is 24.0. The molecule has 3 aromatic rings. The number of carbonyl (C=O) groups is 2. The molecule has 1 unspecified atom stereocenters. The number of nitrogens with zero attached hydrogens (tertiary/aromatic N) is 3. The van der Waals surface area contributed by atoms with Crippen LogP contribution in [-0.4, -0.2) is 26.7 Å². The second kappa shape index (κ2) is 7.69. The number of thiazole rings is 1. The summed E-state index contributed by atoms with van der Waals surface area (Å²) >= 11 is 7.00. The summed E-state index contributed by atoms with van der Waals surface area (Å²) in [5.74, 6) is -2.14. The number of carbonyl (C=O) groups excluding carboxylic acids is 2. The molecule has 2 aromatic carbocycles. The molecule has 4 rings (SSSR count). The highest BCUT2D eigenvalue weighted by atomic mass is 35.5. The minimum atomic E-state index is -1.07. The summed E-state index contributed by atoms with van der Waals surface area (Å²) in [6, 6.07) is 10.8. The maximum absolute atomic E-state index is 13.1. The van der Waals surface area contributed by atoms with Crippen LogP contribution in [0.2, 0.25) is 5.02 Å². The second-order valence-electron chi connectivity index (χ2n) is 6.33. The second-order valence-corrected chi connectivity index (χ2v) is 7.67. The first-order valence-electron chi connectivity index (χ1n) is 8.59. The van der Waals surface area contributed by atoms with Crippen molar-refractivity contribution in [2.45, 2.75) is 6.04 Å². The largest absolute Gasteiger partial charge is 0.503 e. The van der Waals surface area contributed by atoms with Crippen LogP contribution in [0.5, 0.6) is 0 Å². The van der Waals surface area contributed by atoms with Gasteiger partial charge in [0.1, 0.15) is 0 Å². The van der Waals surface area contributed by atoms with E-state index in [9.17, 15) is 24.8 Å². The van der Waals surface area contributed by atoms with Crippen LogP contribution in [0.15, 0.2) is 71.4 Å². The Labute approximate surface area is 178 Å². The molecule has 1 aromatic heterocycles. The molecular weight excluding hydrogens is 430 g/mol. The van der Waals surface area contributed by atoms with Crippen molar-refractivity contribution >= 4 is 46.0 Å². The van der Waals surface area contributed by atoms with Crippen LogP contribution in [0, 0.1) is 10.1 Å². The van der Waals surface area contributed by atoms with Crippen molar-refractivity contribution < 1.29 is 19.6 Å². The van der Waals surface area contributed by atoms with Gasteiger partial charge in [-0.05, 0) is 29.8 Å². The summed E-state index contributed by atoms with van der Waals surface area (Å²) < 4.78 is 0. The zero-order chi connectivity index (χ0) is 21.4. The number of hydrogen-bond donors (Lipinski definition) is 1. The number of nitro benzene ring substituents is 1. The van der Waals surface area contributed by atoms with E-state index in [1.54, 1.807) is 35.7 Å². The van der Waals surface area contributed by atoms with Crippen molar-refractivity contribution in [2.24, 2.45) is 0 Å². The van der Waals surface area contributed by atoms with Gasteiger partial charge in [0.2, 0.25) is 5.78 Å². The third kappa shape index (κ3) is 3.34. The Morgan fingerprint density at radius 1 is 1.23 bits per heavy atom. The minimum Gasteiger partial charge on any atom is -0.503 e. The molecule has 150 valence electrons. The molecule has 30 heavy (non-hydrogen) atoms. The van der Waals surface area contributed by atoms with E-state index >= 15 is 0 Å². The number of Topliss-reactive ketones (excluding diaryl/α,β-unsaturated/α-hetero) is 1. The summed E-state index contributed by atoms with van der Waals surface area (Å²) in [4.78, 5) is 41.9. The average molecular weight is 442 g/mol. The van der Waals surface area contributed by atoms with Gasteiger partial charge in [0.05, 0.1) is 16.5 Å². The van der Waals surface area contributed by atoms with Gasteiger partial charge in [-0.15, -0.1) is 11.3 Å².